The molecule has 0 aromatic heterocycles. The largest absolute Gasteiger partial charge is 0.437 e. The quantitative estimate of drug-likeness (QED) is 0.803. The first kappa shape index (κ1) is 13.6. The predicted octanol–water partition coefficient (Wildman–Crippen LogP) is 4.70. The molecular formula is C15H12BrNO2. The minimum Gasteiger partial charge on any atom is -0.437 e. The lowest BCUT2D eigenvalue weighted by atomic mass is 10.2. The number of hydrogen-bond donors (Lipinski definition) is 0. The third-order valence-corrected chi connectivity index (χ3v) is 3.04. The van der Waals surface area contributed by atoms with Crippen LogP contribution in [-0.4, -0.2) is 6.09 Å². The Labute approximate surface area is 120 Å². The first-order chi connectivity index (χ1) is 9.11. The van der Waals surface area contributed by atoms with Gasteiger partial charge in [0, 0.05) is 4.47 Å². The molecule has 0 unspecified atom stereocenters. The minimum atomic E-state index is -0.635. The van der Waals surface area contributed by atoms with E-state index < -0.39 is 6.09 Å². The summed E-state index contributed by atoms with van der Waals surface area (Å²) in [6.07, 6.45) is -0.635. The number of anilines is 2. The zero-order valence-corrected chi connectivity index (χ0v) is 11.9. The number of rotatable bonds is 2. The highest BCUT2D eigenvalue weighted by Crippen LogP contribution is 2.29. The summed E-state index contributed by atoms with van der Waals surface area (Å²) in [4.78, 5) is 13.3. The highest BCUT2D eigenvalue weighted by atomic mass is 79.9. The second kappa shape index (κ2) is 5.89. The number of amides is 1. The standard InChI is InChI=1S/C15H12BrNO2/c1-11-8-12(16)10-14(9-11)17(15(18)19-2)13-6-4-3-5-7-13/h2-10H,1H3. The van der Waals surface area contributed by atoms with Crippen LogP contribution in [0.2, 0.25) is 0 Å². The fraction of sp³-hybridized carbons (Fsp3) is 0.0667. The first-order valence-electron chi connectivity index (χ1n) is 5.65. The van der Waals surface area contributed by atoms with Gasteiger partial charge >= 0.3 is 6.09 Å². The summed E-state index contributed by atoms with van der Waals surface area (Å²) in [5.74, 6) is 0. The molecule has 2 aromatic carbocycles. The van der Waals surface area contributed by atoms with Gasteiger partial charge in [0.2, 0.25) is 0 Å². The van der Waals surface area contributed by atoms with Crippen molar-refractivity contribution in [3.63, 3.8) is 0 Å². The Hall–Kier alpha value is -1.81. The number of nitrogens with zero attached hydrogens (tertiary/aromatic N) is 1. The lowest BCUT2D eigenvalue weighted by Crippen LogP contribution is -2.25. The van der Waals surface area contributed by atoms with Crippen molar-refractivity contribution in [1.82, 2.24) is 0 Å². The zero-order valence-electron chi connectivity index (χ0n) is 10.3. The van der Waals surface area contributed by atoms with E-state index in [0.29, 0.717) is 11.4 Å². The first-order valence-corrected chi connectivity index (χ1v) is 6.44. The van der Waals surface area contributed by atoms with Gasteiger partial charge in [-0.05, 0) is 42.8 Å². The third-order valence-electron chi connectivity index (χ3n) is 2.58. The number of aryl methyl sites for hydroxylation is 1. The normalized spacial score (nSPS) is 10.1. The second-order valence-corrected chi connectivity index (χ2v) is 4.96. The van der Waals surface area contributed by atoms with Crippen LogP contribution in [0.15, 0.2) is 53.0 Å². The lowest BCUT2D eigenvalue weighted by molar-refractivity contribution is 0.194. The summed E-state index contributed by atoms with van der Waals surface area (Å²) < 4.78 is 5.26. The van der Waals surface area contributed by atoms with Crippen LogP contribution in [0.3, 0.4) is 0 Å². The summed E-state index contributed by atoms with van der Waals surface area (Å²) in [5.41, 5.74) is 2.40. The van der Waals surface area contributed by atoms with Gasteiger partial charge in [-0.2, -0.15) is 0 Å². The third kappa shape index (κ3) is 3.15. The topological polar surface area (TPSA) is 29.5 Å². The zero-order chi connectivity index (χ0) is 13.8. The van der Waals surface area contributed by atoms with Gasteiger partial charge in [0.1, 0.15) is 0 Å². The van der Waals surface area contributed by atoms with E-state index in [1.165, 1.54) is 4.90 Å². The SMILES string of the molecule is [CH]OC(=O)N(c1ccccc1)c1cc(C)cc(Br)c1. The average Bonchev–Trinajstić information content (AvgIpc) is 2.39. The van der Waals surface area contributed by atoms with E-state index in [4.69, 9.17) is 7.11 Å². The minimum absolute atomic E-state index is 0.635. The molecule has 96 valence electrons. The van der Waals surface area contributed by atoms with Crippen molar-refractivity contribution >= 4 is 33.4 Å². The molecule has 0 fully saturated rings. The predicted molar refractivity (Wildman–Crippen MR) is 78.2 cm³/mol. The van der Waals surface area contributed by atoms with E-state index in [-0.39, 0.29) is 0 Å². The van der Waals surface area contributed by atoms with Gasteiger partial charge in [0.05, 0.1) is 11.4 Å². The van der Waals surface area contributed by atoms with E-state index in [1.807, 2.05) is 55.5 Å². The monoisotopic (exact) mass is 317 g/mol. The number of halogens is 1. The van der Waals surface area contributed by atoms with Crippen LogP contribution < -0.4 is 4.90 Å². The second-order valence-electron chi connectivity index (χ2n) is 4.04. The van der Waals surface area contributed by atoms with Gasteiger partial charge in [-0.3, -0.25) is 0 Å². The van der Waals surface area contributed by atoms with Gasteiger partial charge in [-0.1, -0.05) is 34.1 Å². The maximum atomic E-state index is 11.9. The molecule has 0 aliphatic heterocycles. The fourth-order valence-corrected chi connectivity index (χ4v) is 2.43. The molecule has 3 nitrogen and oxygen atoms in total. The molecule has 0 saturated heterocycles. The fourth-order valence-electron chi connectivity index (χ4n) is 1.84. The molecule has 2 radical (unpaired) electrons. The van der Waals surface area contributed by atoms with Crippen LogP contribution in [0, 0.1) is 14.0 Å². The summed E-state index contributed by atoms with van der Waals surface area (Å²) >= 11 is 3.41. The van der Waals surface area contributed by atoms with Crippen molar-refractivity contribution in [2.75, 3.05) is 4.90 Å². The van der Waals surface area contributed by atoms with Crippen molar-refractivity contribution < 1.29 is 9.53 Å². The van der Waals surface area contributed by atoms with Crippen molar-refractivity contribution in [2.24, 2.45) is 0 Å². The molecular weight excluding hydrogens is 306 g/mol. The smallest absolute Gasteiger partial charge is 0.419 e. The maximum absolute atomic E-state index is 11.9. The Morgan fingerprint density at radius 2 is 1.84 bits per heavy atom. The van der Waals surface area contributed by atoms with E-state index >= 15 is 0 Å². The molecule has 2 aromatic rings. The molecule has 0 aliphatic carbocycles. The van der Waals surface area contributed by atoms with Crippen LogP contribution in [0.5, 0.6) is 0 Å². The van der Waals surface area contributed by atoms with E-state index in [1.54, 1.807) is 0 Å². The molecule has 2 rings (SSSR count). The summed E-state index contributed by atoms with van der Waals surface area (Å²) in [7, 11) is 5.02. The van der Waals surface area contributed by atoms with Crippen molar-refractivity contribution in [3.8, 4) is 0 Å². The lowest BCUT2D eigenvalue weighted by Gasteiger charge is -2.21. The molecule has 4 heteroatoms. The summed E-state index contributed by atoms with van der Waals surface area (Å²) in [6, 6.07) is 14.9. The molecule has 0 saturated carbocycles. The van der Waals surface area contributed by atoms with E-state index in [2.05, 4.69) is 20.7 Å². The Morgan fingerprint density at radius 1 is 1.16 bits per heavy atom. The molecule has 1 amide bonds. The Morgan fingerprint density at radius 3 is 2.42 bits per heavy atom. The van der Waals surface area contributed by atoms with Gasteiger partial charge in [-0.25, -0.2) is 9.69 Å². The molecule has 0 aliphatic rings. The molecule has 0 heterocycles. The van der Waals surface area contributed by atoms with Crippen molar-refractivity contribution in [2.45, 2.75) is 6.92 Å². The Kier molecular flexibility index (Phi) is 4.22. The number of benzene rings is 2. The number of carbonyl (C=O) groups excluding carboxylic acids is 1. The molecule has 0 spiro atoms. The molecule has 0 bridgehead atoms. The number of ether oxygens (including phenoxy) is 1. The summed E-state index contributed by atoms with van der Waals surface area (Å²) in [6.45, 7) is 1.95. The van der Waals surface area contributed by atoms with Crippen molar-refractivity contribution in [1.29, 1.82) is 0 Å². The van der Waals surface area contributed by atoms with Crippen LogP contribution >= 0.6 is 15.9 Å². The van der Waals surface area contributed by atoms with Crippen LogP contribution in [0.25, 0.3) is 0 Å². The molecule has 19 heavy (non-hydrogen) atoms. The molecule has 0 atom stereocenters. The van der Waals surface area contributed by atoms with Crippen molar-refractivity contribution in [3.05, 3.63) is 65.7 Å². The highest BCUT2D eigenvalue weighted by molar-refractivity contribution is 9.10. The van der Waals surface area contributed by atoms with Gasteiger partial charge in [0.25, 0.3) is 0 Å². The maximum Gasteiger partial charge on any atom is 0.419 e. The van der Waals surface area contributed by atoms with Gasteiger partial charge < -0.3 is 4.74 Å². The van der Waals surface area contributed by atoms with Crippen LogP contribution in [0.4, 0.5) is 16.2 Å². The van der Waals surface area contributed by atoms with Gasteiger partial charge in [0.15, 0.2) is 7.11 Å². The summed E-state index contributed by atoms with van der Waals surface area (Å²) in [5, 5.41) is 0. The highest BCUT2D eigenvalue weighted by Gasteiger charge is 2.19. The van der Waals surface area contributed by atoms with E-state index in [0.717, 1.165) is 10.0 Å². The Bertz CT molecular complexity index is 564. The number of para-hydroxylation sites is 1. The van der Waals surface area contributed by atoms with Gasteiger partial charge in [-0.15, -0.1) is 0 Å². The Balaban J connectivity index is 2.52. The molecule has 0 N–H and O–H groups in total. The van der Waals surface area contributed by atoms with Crippen LogP contribution in [0.1, 0.15) is 5.56 Å². The number of carbonyl (C=O) groups is 1. The van der Waals surface area contributed by atoms with Crippen LogP contribution in [-0.2, 0) is 4.74 Å². The van der Waals surface area contributed by atoms with E-state index in [9.17, 15) is 4.79 Å². The number of hydrogen-bond acceptors (Lipinski definition) is 2. The average molecular weight is 318 g/mol.